The summed E-state index contributed by atoms with van der Waals surface area (Å²) in [5.41, 5.74) is 0.109. The Labute approximate surface area is 164 Å². The number of carbonyl (C=O) groups is 1. The molecular weight excluding hydrogens is 386 g/mol. The molecule has 1 N–H and O–H groups in total. The molecule has 2 aromatic carbocycles. The summed E-state index contributed by atoms with van der Waals surface area (Å²) < 4.78 is 11.0. The van der Waals surface area contributed by atoms with Gasteiger partial charge >= 0.3 is 5.69 Å². The monoisotopic (exact) mass is 399 g/mol. The predicted molar refractivity (Wildman–Crippen MR) is 103 cm³/mol. The van der Waals surface area contributed by atoms with Crippen molar-refractivity contribution in [2.24, 2.45) is 0 Å². The van der Waals surface area contributed by atoms with E-state index in [9.17, 15) is 20.0 Å². The van der Waals surface area contributed by atoms with Crippen LogP contribution in [0.2, 0.25) is 5.02 Å². The number of hydrogen-bond donors (Lipinski definition) is 1. The molecule has 142 valence electrons. The smallest absolute Gasteiger partial charge is 0.312 e. The van der Waals surface area contributed by atoms with Crippen LogP contribution < -0.4 is 4.74 Å². The normalized spacial score (nSPS) is 10.9. The highest BCUT2D eigenvalue weighted by atomic mass is 35.5. The minimum atomic E-state index is -0.579. The lowest BCUT2D eigenvalue weighted by Crippen LogP contribution is -1.98. The first kappa shape index (κ1) is 19.2. The second-order valence-electron chi connectivity index (χ2n) is 5.71. The van der Waals surface area contributed by atoms with Gasteiger partial charge < -0.3 is 14.3 Å². The summed E-state index contributed by atoms with van der Waals surface area (Å²) in [5, 5.41) is 20.7. The van der Waals surface area contributed by atoms with Crippen molar-refractivity contribution in [3.63, 3.8) is 0 Å². The Balaban J connectivity index is 1.65. The van der Waals surface area contributed by atoms with Crippen molar-refractivity contribution in [3.8, 4) is 11.5 Å². The highest BCUT2D eigenvalue weighted by Gasteiger charge is 2.16. The Morgan fingerprint density at radius 1 is 1.21 bits per heavy atom. The summed E-state index contributed by atoms with van der Waals surface area (Å²) in [6.45, 7) is -0.0309. The summed E-state index contributed by atoms with van der Waals surface area (Å²) in [5.74, 6) is 0.628. The van der Waals surface area contributed by atoms with E-state index in [1.807, 2.05) is 0 Å². The van der Waals surface area contributed by atoms with E-state index in [1.54, 1.807) is 24.3 Å². The number of furan rings is 1. The number of halogens is 1. The number of ketones is 1. The van der Waals surface area contributed by atoms with Gasteiger partial charge in [-0.05, 0) is 48.6 Å². The van der Waals surface area contributed by atoms with Crippen molar-refractivity contribution < 1.29 is 24.0 Å². The third-order valence-corrected chi connectivity index (χ3v) is 3.93. The standard InChI is InChI=1S/C20H14ClNO6/c21-14-4-9-20(18(11-14)22(25)26)27-12-17-6-5-16(28-17)7-8-19(24)13-2-1-3-15(23)10-13/h1-11,23H,12H2/b8-7+. The van der Waals surface area contributed by atoms with E-state index in [0.717, 1.165) is 0 Å². The number of allylic oxidation sites excluding steroid dienone is 1. The molecule has 0 aliphatic heterocycles. The molecule has 0 saturated heterocycles. The van der Waals surface area contributed by atoms with Crippen LogP contribution in [0.15, 0.2) is 65.1 Å². The highest BCUT2D eigenvalue weighted by molar-refractivity contribution is 6.30. The number of ether oxygens (including phenoxy) is 1. The highest BCUT2D eigenvalue weighted by Crippen LogP contribution is 2.30. The molecule has 3 aromatic rings. The van der Waals surface area contributed by atoms with E-state index in [-0.39, 0.29) is 34.6 Å². The first-order chi connectivity index (χ1) is 13.4. The van der Waals surface area contributed by atoms with Gasteiger partial charge in [0.2, 0.25) is 0 Å². The zero-order valence-corrected chi connectivity index (χ0v) is 15.1. The minimum absolute atomic E-state index is 0.00739. The molecule has 0 radical (unpaired) electrons. The average molecular weight is 400 g/mol. The second-order valence-corrected chi connectivity index (χ2v) is 6.15. The number of carbonyl (C=O) groups excluding carboxylic acids is 1. The van der Waals surface area contributed by atoms with Crippen LogP contribution in [0.5, 0.6) is 11.5 Å². The fraction of sp³-hybridized carbons (Fsp3) is 0.0500. The van der Waals surface area contributed by atoms with Crippen LogP contribution in [-0.4, -0.2) is 15.8 Å². The number of hydrogen-bond acceptors (Lipinski definition) is 6. The summed E-state index contributed by atoms with van der Waals surface area (Å²) in [4.78, 5) is 22.6. The molecule has 0 unspecified atom stereocenters. The minimum Gasteiger partial charge on any atom is -0.508 e. The van der Waals surface area contributed by atoms with Crippen LogP contribution in [0.1, 0.15) is 21.9 Å². The van der Waals surface area contributed by atoms with Gasteiger partial charge in [-0.3, -0.25) is 14.9 Å². The lowest BCUT2D eigenvalue weighted by molar-refractivity contribution is -0.385. The lowest BCUT2D eigenvalue weighted by atomic mass is 10.1. The SMILES string of the molecule is O=C(/C=C/c1ccc(COc2ccc(Cl)cc2[N+](=O)[O-])o1)c1cccc(O)c1. The average Bonchev–Trinajstić information content (AvgIpc) is 3.13. The molecule has 0 amide bonds. The third kappa shape index (κ3) is 4.77. The zero-order valence-electron chi connectivity index (χ0n) is 14.4. The maximum atomic E-state index is 12.1. The van der Waals surface area contributed by atoms with Gasteiger partial charge in [-0.25, -0.2) is 0 Å². The maximum absolute atomic E-state index is 12.1. The number of rotatable bonds is 7. The summed E-state index contributed by atoms with van der Waals surface area (Å²) in [6, 6.07) is 13.4. The number of nitro benzene ring substituents is 1. The first-order valence-corrected chi connectivity index (χ1v) is 8.47. The Morgan fingerprint density at radius 3 is 2.79 bits per heavy atom. The van der Waals surface area contributed by atoms with E-state index in [2.05, 4.69) is 0 Å². The van der Waals surface area contributed by atoms with Crippen LogP contribution in [0.3, 0.4) is 0 Å². The molecule has 28 heavy (non-hydrogen) atoms. The molecule has 0 fully saturated rings. The summed E-state index contributed by atoms with van der Waals surface area (Å²) >= 11 is 5.77. The molecule has 7 nitrogen and oxygen atoms in total. The van der Waals surface area contributed by atoms with Gasteiger partial charge in [0.05, 0.1) is 4.92 Å². The molecule has 8 heteroatoms. The van der Waals surface area contributed by atoms with Gasteiger partial charge in [-0.15, -0.1) is 0 Å². The number of benzene rings is 2. The molecule has 0 bridgehead atoms. The van der Waals surface area contributed by atoms with Crippen LogP contribution >= 0.6 is 11.6 Å². The summed E-state index contributed by atoms with van der Waals surface area (Å²) in [7, 11) is 0. The molecule has 1 heterocycles. The largest absolute Gasteiger partial charge is 0.508 e. The Morgan fingerprint density at radius 2 is 2.04 bits per heavy atom. The molecule has 3 rings (SSSR count). The Kier molecular flexibility index (Phi) is 5.76. The van der Waals surface area contributed by atoms with Crippen LogP contribution in [0.25, 0.3) is 6.08 Å². The third-order valence-electron chi connectivity index (χ3n) is 3.70. The number of aromatic hydroxyl groups is 1. The van der Waals surface area contributed by atoms with Crippen LogP contribution in [-0.2, 0) is 6.61 Å². The van der Waals surface area contributed by atoms with E-state index in [1.165, 1.54) is 42.5 Å². The molecule has 0 aliphatic rings. The van der Waals surface area contributed by atoms with Crippen molar-refractivity contribution in [1.82, 2.24) is 0 Å². The fourth-order valence-corrected chi connectivity index (χ4v) is 2.55. The van der Waals surface area contributed by atoms with Gasteiger partial charge in [0.15, 0.2) is 11.5 Å². The first-order valence-electron chi connectivity index (χ1n) is 8.09. The van der Waals surface area contributed by atoms with Gasteiger partial charge in [0.25, 0.3) is 0 Å². The van der Waals surface area contributed by atoms with E-state index < -0.39 is 4.92 Å². The van der Waals surface area contributed by atoms with Gasteiger partial charge in [-0.2, -0.15) is 0 Å². The molecular formula is C20H14ClNO6. The molecule has 1 aromatic heterocycles. The summed E-state index contributed by atoms with van der Waals surface area (Å²) in [6.07, 6.45) is 2.81. The lowest BCUT2D eigenvalue weighted by Gasteiger charge is -2.05. The Hall–Kier alpha value is -3.58. The number of phenolic OH excluding ortho intramolecular Hbond substituents is 1. The van der Waals surface area contributed by atoms with Crippen molar-refractivity contribution in [3.05, 3.63) is 92.9 Å². The molecule has 0 saturated carbocycles. The van der Waals surface area contributed by atoms with Crippen molar-refractivity contribution in [2.45, 2.75) is 6.61 Å². The van der Waals surface area contributed by atoms with Crippen LogP contribution in [0.4, 0.5) is 5.69 Å². The van der Waals surface area contributed by atoms with Gasteiger partial charge in [0, 0.05) is 16.7 Å². The van der Waals surface area contributed by atoms with E-state index in [0.29, 0.717) is 17.1 Å². The van der Waals surface area contributed by atoms with Crippen molar-refractivity contribution >= 4 is 29.1 Å². The number of phenols is 1. The fourth-order valence-electron chi connectivity index (χ4n) is 2.38. The maximum Gasteiger partial charge on any atom is 0.312 e. The van der Waals surface area contributed by atoms with E-state index >= 15 is 0 Å². The topological polar surface area (TPSA) is 103 Å². The zero-order chi connectivity index (χ0) is 20.1. The predicted octanol–water partition coefficient (Wildman–Crippen LogP) is 5.02. The number of nitro groups is 1. The quantitative estimate of drug-likeness (QED) is 0.259. The number of nitrogens with zero attached hydrogens (tertiary/aromatic N) is 1. The second kappa shape index (κ2) is 8.41. The van der Waals surface area contributed by atoms with E-state index in [4.69, 9.17) is 20.8 Å². The van der Waals surface area contributed by atoms with Crippen LogP contribution in [0, 0.1) is 10.1 Å². The van der Waals surface area contributed by atoms with Crippen molar-refractivity contribution in [1.29, 1.82) is 0 Å². The Bertz CT molecular complexity index is 1060. The van der Waals surface area contributed by atoms with Gasteiger partial charge in [0.1, 0.15) is 23.9 Å². The molecule has 0 aliphatic carbocycles. The molecule has 0 spiro atoms. The molecule has 0 atom stereocenters. The van der Waals surface area contributed by atoms with Gasteiger partial charge in [-0.1, -0.05) is 23.7 Å². The van der Waals surface area contributed by atoms with Crippen molar-refractivity contribution in [2.75, 3.05) is 0 Å².